The summed E-state index contributed by atoms with van der Waals surface area (Å²) in [6.07, 6.45) is 7.22. The molecule has 1 saturated carbocycles. The van der Waals surface area contributed by atoms with Gasteiger partial charge in [-0.25, -0.2) is 8.42 Å². The zero-order valence-electron chi connectivity index (χ0n) is 8.07. The molecule has 2 rings (SSSR count). The van der Waals surface area contributed by atoms with E-state index in [1.807, 2.05) is 0 Å². The SMILES string of the molecule is CS(=O)(=O)N1CCC[C@H]1C1CCC1. The van der Waals surface area contributed by atoms with Crippen molar-refractivity contribution in [2.45, 2.75) is 38.1 Å². The van der Waals surface area contributed by atoms with Gasteiger partial charge in [0.15, 0.2) is 0 Å². The molecule has 0 unspecified atom stereocenters. The number of hydrogen-bond acceptors (Lipinski definition) is 2. The maximum Gasteiger partial charge on any atom is 0.211 e. The van der Waals surface area contributed by atoms with Crippen molar-refractivity contribution in [3.63, 3.8) is 0 Å². The lowest BCUT2D eigenvalue weighted by Crippen LogP contribution is -2.41. The molecule has 4 heteroatoms. The van der Waals surface area contributed by atoms with E-state index in [4.69, 9.17) is 0 Å². The molecule has 1 saturated heterocycles. The van der Waals surface area contributed by atoms with Crippen molar-refractivity contribution in [1.29, 1.82) is 0 Å². The molecule has 76 valence electrons. The summed E-state index contributed by atoms with van der Waals surface area (Å²) in [6, 6.07) is 0.337. The van der Waals surface area contributed by atoms with Crippen LogP contribution in [0.4, 0.5) is 0 Å². The van der Waals surface area contributed by atoms with Gasteiger partial charge in [0.2, 0.25) is 10.0 Å². The summed E-state index contributed by atoms with van der Waals surface area (Å²) in [5, 5.41) is 0. The number of rotatable bonds is 2. The van der Waals surface area contributed by atoms with Crippen molar-refractivity contribution >= 4 is 10.0 Å². The molecule has 13 heavy (non-hydrogen) atoms. The molecule has 1 heterocycles. The van der Waals surface area contributed by atoms with Crippen LogP contribution in [0, 0.1) is 5.92 Å². The van der Waals surface area contributed by atoms with E-state index in [-0.39, 0.29) is 0 Å². The fraction of sp³-hybridized carbons (Fsp3) is 1.00. The van der Waals surface area contributed by atoms with Gasteiger partial charge in [-0.2, -0.15) is 4.31 Å². The fourth-order valence-electron chi connectivity index (χ4n) is 2.47. The number of hydrogen-bond donors (Lipinski definition) is 0. The molecule has 0 aromatic rings. The Morgan fingerprint density at radius 1 is 1.15 bits per heavy atom. The average molecular weight is 203 g/mol. The summed E-state index contributed by atoms with van der Waals surface area (Å²) >= 11 is 0. The first-order chi connectivity index (χ1) is 6.09. The van der Waals surface area contributed by atoms with Crippen LogP contribution in [0.2, 0.25) is 0 Å². The van der Waals surface area contributed by atoms with Crippen molar-refractivity contribution < 1.29 is 8.42 Å². The quantitative estimate of drug-likeness (QED) is 0.676. The largest absolute Gasteiger partial charge is 0.212 e. The van der Waals surface area contributed by atoms with Crippen LogP contribution in [0.25, 0.3) is 0 Å². The first-order valence-electron chi connectivity index (χ1n) is 5.06. The van der Waals surface area contributed by atoms with Gasteiger partial charge in [-0.3, -0.25) is 0 Å². The first kappa shape index (κ1) is 9.46. The lowest BCUT2D eigenvalue weighted by Gasteiger charge is -2.35. The summed E-state index contributed by atoms with van der Waals surface area (Å²) in [6.45, 7) is 0.750. The van der Waals surface area contributed by atoms with Crippen LogP contribution in [0.3, 0.4) is 0 Å². The predicted molar refractivity (Wildman–Crippen MR) is 51.9 cm³/mol. The predicted octanol–water partition coefficient (Wildman–Crippen LogP) is 1.21. The Hall–Kier alpha value is -0.0900. The normalized spacial score (nSPS) is 31.9. The summed E-state index contributed by atoms with van der Waals surface area (Å²) < 4.78 is 24.5. The molecule has 1 aliphatic heterocycles. The third kappa shape index (κ3) is 1.74. The molecular formula is C9H17NO2S. The van der Waals surface area contributed by atoms with E-state index in [9.17, 15) is 8.42 Å². The van der Waals surface area contributed by atoms with E-state index in [0.29, 0.717) is 12.0 Å². The van der Waals surface area contributed by atoms with Gasteiger partial charge in [0, 0.05) is 12.6 Å². The van der Waals surface area contributed by atoms with E-state index < -0.39 is 10.0 Å². The Balaban J connectivity index is 2.09. The average Bonchev–Trinajstić information content (AvgIpc) is 2.29. The van der Waals surface area contributed by atoms with Gasteiger partial charge >= 0.3 is 0 Å². The van der Waals surface area contributed by atoms with E-state index >= 15 is 0 Å². The lowest BCUT2D eigenvalue weighted by atomic mass is 9.79. The zero-order chi connectivity index (χ0) is 9.47. The lowest BCUT2D eigenvalue weighted by molar-refractivity contribution is 0.192. The Bertz CT molecular complexity index is 282. The minimum Gasteiger partial charge on any atom is -0.212 e. The number of sulfonamides is 1. The third-order valence-corrected chi connectivity index (χ3v) is 4.67. The molecule has 2 fully saturated rings. The minimum atomic E-state index is -2.94. The topological polar surface area (TPSA) is 37.4 Å². The Labute approximate surface area is 80.2 Å². The van der Waals surface area contributed by atoms with Crippen LogP contribution >= 0.6 is 0 Å². The van der Waals surface area contributed by atoms with Gasteiger partial charge < -0.3 is 0 Å². The second-order valence-electron chi connectivity index (χ2n) is 4.27. The highest BCUT2D eigenvalue weighted by Crippen LogP contribution is 2.37. The van der Waals surface area contributed by atoms with Gasteiger partial charge in [0.25, 0.3) is 0 Å². The van der Waals surface area contributed by atoms with Gasteiger partial charge in [0.1, 0.15) is 0 Å². The van der Waals surface area contributed by atoms with E-state index in [1.54, 1.807) is 4.31 Å². The maximum absolute atomic E-state index is 11.4. The molecule has 1 aliphatic carbocycles. The maximum atomic E-state index is 11.4. The number of nitrogens with zero attached hydrogens (tertiary/aromatic N) is 1. The second kappa shape index (κ2) is 3.24. The molecule has 0 N–H and O–H groups in total. The van der Waals surface area contributed by atoms with Crippen molar-refractivity contribution in [2.24, 2.45) is 5.92 Å². The van der Waals surface area contributed by atoms with Crippen molar-refractivity contribution in [3.05, 3.63) is 0 Å². The van der Waals surface area contributed by atoms with E-state index in [0.717, 1.165) is 19.4 Å². The summed E-state index contributed by atoms with van der Waals surface area (Å²) in [5.41, 5.74) is 0. The smallest absolute Gasteiger partial charge is 0.211 e. The first-order valence-corrected chi connectivity index (χ1v) is 6.90. The van der Waals surface area contributed by atoms with Crippen molar-refractivity contribution in [2.75, 3.05) is 12.8 Å². The van der Waals surface area contributed by atoms with Crippen molar-refractivity contribution in [1.82, 2.24) is 4.31 Å². The Kier molecular flexibility index (Phi) is 2.36. The Morgan fingerprint density at radius 2 is 1.85 bits per heavy atom. The molecule has 0 radical (unpaired) electrons. The molecule has 0 spiro atoms. The molecular weight excluding hydrogens is 186 g/mol. The highest BCUT2D eigenvalue weighted by atomic mass is 32.2. The fourth-order valence-corrected chi connectivity index (χ4v) is 3.70. The zero-order valence-corrected chi connectivity index (χ0v) is 8.89. The molecule has 0 aromatic carbocycles. The van der Waals surface area contributed by atoms with Crippen LogP contribution in [-0.4, -0.2) is 31.6 Å². The van der Waals surface area contributed by atoms with Crippen molar-refractivity contribution in [3.8, 4) is 0 Å². The van der Waals surface area contributed by atoms with Crippen LogP contribution in [-0.2, 0) is 10.0 Å². The Morgan fingerprint density at radius 3 is 2.31 bits per heavy atom. The molecule has 2 aliphatic rings. The molecule has 0 amide bonds. The highest BCUT2D eigenvalue weighted by Gasteiger charge is 2.38. The van der Waals surface area contributed by atoms with Gasteiger partial charge in [0.05, 0.1) is 6.26 Å². The third-order valence-electron chi connectivity index (χ3n) is 3.37. The molecule has 3 nitrogen and oxygen atoms in total. The van der Waals surface area contributed by atoms with Crippen LogP contribution in [0.1, 0.15) is 32.1 Å². The molecule has 1 atom stereocenters. The highest BCUT2D eigenvalue weighted by molar-refractivity contribution is 7.88. The molecule has 0 bridgehead atoms. The summed E-state index contributed by atoms with van der Waals surface area (Å²) in [7, 11) is -2.94. The molecule has 0 aromatic heterocycles. The minimum absolute atomic E-state index is 0.337. The van der Waals surface area contributed by atoms with Crippen LogP contribution < -0.4 is 0 Å². The standard InChI is InChI=1S/C9H17NO2S/c1-13(11,12)10-7-3-6-9(10)8-4-2-5-8/h8-9H,2-7H2,1H3/t9-/m0/s1. The van der Waals surface area contributed by atoms with Crippen LogP contribution in [0.15, 0.2) is 0 Å². The summed E-state index contributed by atoms with van der Waals surface area (Å²) in [5.74, 6) is 0.664. The van der Waals surface area contributed by atoms with Gasteiger partial charge in [-0.05, 0) is 31.6 Å². The van der Waals surface area contributed by atoms with Crippen LogP contribution in [0.5, 0.6) is 0 Å². The second-order valence-corrected chi connectivity index (χ2v) is 6.21. The summed E-state index contributed by atoms with van der Waals surface area (Å²) in [4.78, 5) is 0. The van der Waals surface area contributed by atoms with Gasteiger partial charge in [-0.15, -0.1) is 0 Å². The van der Waals surface area contributed by atoms with E-state index in [1.165, 1.54) is 25.5 Å². The monoisotopic (exact) mass is 203 g/mol. The van der Waals surface area contributed by atoms with Gasteiger partial charge in [-0.1, -0.05) is 6.42 Å². The van der Waals surface area contributed by atoms with E-state index in [2.05, 4.69) is 0 Å².